The zero-order chi connectivity index (χ0) is 14.7. The molecule has 0 fully saturated rings. The van der Waals surface area contributed by atoms with Crippen molar-refractivity contribution in [3.8, 4) is 5.69 Å². The highest BCUT2D eigenvalue weighted by molar-refractivity contribution is 5.90. The summed E-state index contributed by atoms with van der Waals surface area (Å²) >= 11 is 0. The number of aryl methyl sites for hydroxylation is 1. The van der Waals surface area contributed by atoms with Crippen molar-refractivity contribution in [1.82, 2.24) is 9.78 Å². The van der Waals surface area contributed by atoms with Crippen molar-refractivity contribution in [2.24, 2.45) is 5.73 Å². The van der Waals surface area contributed by atoms with Crippen LogP contribution < -0.4 is 5.73 Å². The standard InChI is InChI=1S/C15H19N3O2/c1-10(2)20-15(19)12-5-4-6-14(7-12)18-9-13(8-16)11(3)17-18/h4-7,9-10H,8,16H2,1-3H3. The Hall–Kier alpha value is -2.14. The maximum absolute atomic E-state index is 11.9. The topological polar surface area (TPSA) is 70.1 Å². The Balaban J connectivity index is 2.31. The van der Waals surface area contributed by atoms with E-state index in [9.17, 15) is 4.79 Å². The van der Waals surface area contributed by atoms with Gasteiger partial charge in [0.25, 0.3) is 0 Å². The number of nitrogens with two attached hydrogens (primary N) is 1. The van der Waals surface area contributed by atoms with Crippen LogP contribution in [-0.2, 0) is 11.3 Å². The van der Waals surface area contributed by atoms with Gasteiger partial charge in [0.15, 0.2) is 0 Å². The van der Waals surface area contributed by atoms with Crippen LogP contribution in [-0.4, -0.2) is 21.9 Å². The highest BCUT2D eigenvalue weighted by atomic mass is 16.5. The monoisotopic (exact) mass is 273 g/mol. The van der Waals surface area contributed by atoms with Gasteiger partial charge in [0.05, 0.1) is 23.0 Å². The van der Waals surface area contributed by atoms with E-state index in [1.54, 1.807) is 16.8 Å². The minimum Gasteiger partial charge on any atom is -0.459 e. The molecule has 0 bridgehead atoms. The zero-order valence-electron chi connectivity index (χ0n) is 12.0. The molecule has 0 amide bonds. The number of hydrogen-bond donors (Lipinski definition) is 1. The van der Waals surface area contributed by atoms with Gasteiger partial charge >= 0.3 is 5.97 Å². The third-order valence-corrected chi connectivity index (χ3v) is 2.91. The molecule has 0 aliphatic heterocycles. The summed E-state index contributed by atoms with van der Waals surface area (Å²) in [6.45, 7) is 6.01. The Bertz CT molecular complexity index is 617. The average Bonchev–Trinajstić information content (AvgIpc) is 2.79. The first kappa shape index (κ1) is 14.3. The lowest BCUT2D eigenvalue weighted by atomic mass is 10.2. The Morgan fingerprint density at radius 3 is 2.80 bits per heavy atom. The first-order valence-electron chi connectivity index (χ1n) is 6.58. The molecular weight excluding hydrogens is 254 g/mol. The summed E-state index contributed by atoms with van der Waals surface area (Å²) in [6, 6.07) is 7.19. The molecule has 0 saturated heterocycles. The smallest absolute Gasteiger partial charge is 0.338 e. The van der Waals surface area contributed by atoms with Crippen LogP contribution in [0, 0.1) is 6.92 Å². The molecule has 20 heavy (non-hydrogen) atoms. The second-order valence-corrected chi connectivity index (χ2v) is 4.89. The predicted molar refractivity (Wildman–Crippen MR) is 76.7 cm³/mol. The lowest BCUT2D eigenvalue weighted by Gasteiger charge is -2.09. The minimum absolute atomic E-state index is 0.137. The maximum Gasteiger partial charge on any atom is 0.338 e. The highest BCUT2D eigenvalue weighted by Gasteiger charge is 2.11. The number of rotatable bonds is 4. The number of carbonyl (C=O) groups excluding carboxylic acids is 1. The maximum atomic E-state index is 11.9. The number of ether oxygens (including phenoxy) is 1. The fourth-order valence-corrected chi connectivity index (χ4v) is 1.89. The Morgan fingerprint density at radius 1 is 1.45 bits per heavy atom. The van der Waals surface area contributed by atoms with Gasteiger partial charge in [0.1, 0.15) is 0 Å². The Kier molecular flexibility index (Phi) is 4.20. The van der Waals surface area contributed by atoms with E-state index < -0.39 is 0 Å². The molecule has 0 radical (unpaired) electrons. The van der Waals surface area contributed by atoms with E-state index in [0.29, 0.717) is 12.1 Å². The summed E-state index contributed by atoms with van der Waals surface area (Å²) in [5.74, 6) is -0.329. The van der Waals surface area contributed by atoms with Crippen molar-refractivity contribution in [2.75, 3.05) is 0 Å². The van der Waals surface area contributed by atoms with E-state index in [1.807, 2.05) is 39.1 Å². The van der Waals surface area contributed by atoms with Crippen molar-refractivity contribution in [3.63, 3.8) is 0 Å². The van der Waals surface area contributed by atoms with Crippen LogP contribution in [0.5, 0.6) is 0 Å². The minimum atomic E-state index is -0.329. The third-order valence-electron chi connectivity index (χ3n) is 2.91. The fraction of sp³-hybridized carbons (Fsp3) is 0.333. The van der Waals surface area contributed by atoms with Gasteiger partial charge in [0.2, 0.25) is 0 Å². The number of aromatic nitrogens is 2. The Morgan fingerprint density at radius 2 is 2.20 bits per heavy atom. The molecular formula is C15H19N3O2. The summed E-state index contributed by atoms with van der Waals surface area (Å²) in [4.78, 5) is 11.9. The van der Waals surface area contributed by atoms with Gasteiger partial charge in [-0.3, -0.25) is 0 Å². The van der Waals surface area contributed by atoms with Crippen LogP contribution >= 0.6 is 0 Å². The van der Waals surface area contributed by atoms with Crippen molar-refractivity contribution in [1.29, 1.82) is 0 Å². The molecule has 2 rings (SSSR count). The highest BCUT2D eigenvalue weighted by Crippen LogP contribution is 2.14. The molecule has 0 aliphatic rings. The van der Waals surface area contributed by atoms with Crippen LogP contribution in [0.2, 0.25) is 0 Å². The van der Waals surface area contributed by atoms with Crippen LogP contribution in [0.3, 0.4) is 0 Å². The average molecular weight is 273 g/mol. The van der Waals surface area contributed by atoms with Gasteiger partial charge < -0.3 is 10.5 Å². The van der Waals surface area contributed by atoms with Gasteiger partial charge in [-0.2, -0.15) is 5.10 Å². The molecule has 1 aromatic heterocycles. The van der Waals surface area contributed by atoms with Crippen LogP contribution in [0.4, 0.5) is 0 Å². The van der Waals surface area contributed by atoms with Crippen molar-refractivity contribution in [2.45, 2.75) is 33.4 Å². The molecule has 106 valence electrons. The first-order valence-corrected chi connectivity index (χ1v) is 6.58. The molecule has 0 spiro atoms. The third kappa shape index (κ3) is 3.05. The summed E-state index contributed by atoms with van der Waals surface area (Å²) in [5.41, 5.74) is 8.85. The fourth-order valence-electron chi connectivity index (χ4n) is 1.89. The summed E-state index contributed by atoms with van der Waals surface area (Å²) in [5, 5.41) is 4.40. The van der Waals surface area contributed by atoms with Crippen LogP contribution in [0.25, 0.3) is 5.69 Å². The normalized spacial score (nSPS) is 10.8. The van der Waals surface area contributed by atoms with Gasteiger partial charge in [-0.1, -0.05) is 6.07 Å². The second kappa shape index (κ2) is 5.88. The van der Waals surface area contributed by atoms with Crippen molar-refractivity contribution < 1.29 is 9.53 Å². The number of nitrogens with zero attached hydrogens (tertiary/aromatic N) is 2. The number of carbonyl (C=O) groups is 1. The molecule has 0 aliphatic carbocycles. The molecule has 1 heterocycles. The first-order chi connectivity index (χ1) is 9.51. The molecule has 5 nitrogen and oxygen atoms in total. The Labute approximate surface area is 118 Å². The van der Waals surface area contributed by atoms with Crippen molar-refractivity contribution in [3.05, 3.63) is 47.3 Å². The quantitative estimate of drug-likeness (QED) is 0.867. The van der Waals surface area contributed by atoms with Crippen LogP contribution in [0.1, 0.15) is 35.5 Å². The van der Waals surface area contributed by atoms with E-state index in [1.165, 1.54) is 0 Å². The zero-order valence-corrected chi connectivity index (χ0v) is 12.0. The SMILES string of the molecule is Cc1nn(-c2cccc(C(=O)OC(C)C)c2)cc1CN. The second-order valence-electron chi connectivity index (χ2n) is 4.89. The van der Waals surface area contributed by atoms with E-state index in [0.717, 1.165) is 16.9 Å². The van der Waals surface area contributed by atoms with Gasteiger partial charge in [0, 0.05) is 18.3 Å². The number of hydrogen-bond acceptors (Lipinski definition) is 4. The van der Waals surface area contributed by atoms with Gasteiger partial charge in [-0.15, -0.1) is 0 Å². The molecule has 0 atom stereocenters. The van der Waals surface area contributed by atoms with E-state index >= 15 is 0 Å². The summed E-state index contributed by atoms with van der Waals surface area (Å²) in [6.07, 6.45) is 1.74. The summed E-state index contributed by atoms with van der Waals surface area (Å²) < 4.78 is 6.91. The van der Waals surface area contributed by atoms with Crippen LogP contribution in [0.15, 0.2) is 30.5 Å². The lowest BCUT2D eigenvalue weighted by molar-refractivity contribution is 0.0378. The largest absolute Gasteiger partial charge is 0.459 e. The van der Waals surface area contributed by atoms with Gasteiger partial charge in [-0.25, -0.2) is 9.48 Å². The molecule has 2 aromatic rings. The molecule has 0 unspecified atom stereocenters. The molecule has 2 N–H and O–H groups in total. The van der Waals surface area contributed by atoms with E-state index in [-0.39, 0.29) is 12.1 Å². The number of benzene rings is 1. The molecule has 0 saturated carbocycles. The number of esters is 1. The van der Waals surface area contributed by atoms with Crippen molar-refractivity contribution >= 4 is 5.97 Å². The van der Waals surface area contributed by atoms with Gasteiger partial charge in [-0.05, 0) is 39.0 Å². The molecule has 1 aromatic carbocycles. The van der Waals surface area contributed by atoms with E-state index in [2.05, 4.69) is 5.10 Å². The predicted octanol–water partition coefficient (Wildman–Crippen LogP) is 2.20. The van der Waals surface area contributed by atoms with E-state index in [4.69, 9.17) is 10.5 Å². The lowest BCUT2D eigenvalue weighted by Crippen LogP contribution is -2.12. The molecule has 5 heteroatoms. The summed E-state index contributed by atoms with van der Waals surface area (Å²) in [7, 11) is 0.